The minimum Gasteiger partial charge on any atom is -0.494 e. The quantitative estimate of drug-likeness (QED) is 0.588. The topological polar surface area (TPSA) is 72.9 Å². The first-order chi connectivity index (χ1) is 14.7. The Labute approximate surface area is 189 Å². The van der Waals surface area contributed by atoms with Gasteiger partial charge in [0, 0.05) is 17.6 Å². The normalized spacial score (nSPS) is 18.4. The van der Waals surface area contributed by atoms with Crippen molar-refractivity contribution >= 4 is 27.3 Å². The van der Waals surface area contributed by atoms with E-state index in [2.05, 4.69) is 0 Å². The minimum atomic E-state index is -3.14. The lowest BCUT2D eigenvalue weighted by Crippen LogP contribution is -2.46. The summed E-state index contributed by atoms with van der Waals surface area (Å²) >= 11 is 6.07. The van der Waals surface area contributed by atoms with E-state index < -0.39 is 15.9 Å². The lowest BCUT2D eigenvalue weighted by molar-refractivity contribution is -0.140. The maximum atomic E-state index is 13.3. The third-order valence-corrected chi connectivity index (χ3v) is 7.48. The Balaban J connectivity index is 1.79. The summed E-state index contributed by atoms with van der Waals surface area (Å²) in [6, 6.07) is 12.3. The molecular weight excluding hydrogens is 438 g/mol. The molecule has 0 radical (unpaired) electrons. The molecule has 0 aliphatic carbocycles. The van der Waals surface area contributed by atoms with E-state index in [4.69, 9.17) is 21.1 Å². The van der Waals surface area contributed by atoms with Gasteiger partial charge in [0.2, 0.25) is 0 Å². The predicted molar refractivity (Wildman–Crippen MR) is 121 cm³/mol. The van der Waals surface area contributed by atoms with Crippen LogP contribution in [-0.2, 0) is 21.2 Å². The number of hydrogen-bond acceptors (Lipinski definition) is 5. The Morgan fingerprint density at radius 3 is 2.45 bits per heavy atom. The van der Waals surface area contributed by atoms with Crippen molar-refractivity contribution in [2.24, 2.45) is 0 Å². The van der Waals surface area contributed by atoms with E-state index in [0.29, 0.717) is 30.3 Å². The van der Waals surface area contributed by atoms with E-state index in [1.54, 1.807) is 30.0 Å². The van der Waals surface area contributed by atoms with Crippen molar-refractivity contribution in [2.45, 2.75) is 45.9 Å². The number of rotatable bonds is 8. The van der Waals surface area contributed by atoms with Gasteiger partial charge >= 0.3 is 0 Å². The highest BCUT2D eigenvalue weighted by atomic mass is 35.5. The van der Waals surface area contributed by atoms with E-state index in [-0.39, 0.29) is 23.5 Å². The molecule has 168 valence electrons. The summed E-state index contributed by atoms with van der Waals surface area (Å²) < 4.78 is 35.5. The van der Waals surface area contributed by atoms with E-state index in [1.807, 2.05) is 38.1 Å². The van der Waals surface area contributed by atoms with E-state index in [0.717, 1.165) is 16.9 Å². The fourth-order valence-corrected chi connectivity index (χ4v) is 5.49. The second-order valence-corrected chi connectivity index (χ2v) is 10.4. The first-order valence-electron chi connectivity index (χ1n) is 10.3. The molecular formula is C23H28ClNO5S. The van der Waals surface area contributed by atoms with Crippen LogP contribution in [0.25, 0.3) is 0 Å². The number of sulfone groups is 1. The smallest absolute Gasteiger partial charge is 0.263 e. The first-order valence-corrected chi connectivity index (χ1v) is 12.5. The Bertz CT molecular complexity index is 1020. The number of halogens is 1. The van der Waals surface area contributed by atoms with Gasteiger partial charge in [0.1, 0.15) is 11.5 Å². The van der Waals surface area contributed by atoms with Gasteiger partial charge in [-0.05, 0) is 68.7 Å². The van der Waals surface area contributed by atoms with Crippen LogP contribution in [0.4, 0.5) is 0 Å². The predicted octanol–water partition coefficient (Wildman–Crippen LogP) is 4.03. The van der Waals surface area contributed by atoms with E-state index >= 15 is 0 Å². The molecule has 0 N–H and O–H groups in total. The number of carbonyl (C=O) groups is 1. The van der Waals surface area contributed by atoms with Crippen LogP contribution in [0.2, 0.25) is 5.02 Å². The zero-order chi connectivity index (χ0) is 22.6. The van der Waals surface area contributed by atoms with Gasteiger partial charge in [-0.15, -0.1) is 0 Å². The molecule has 3 rings (SSSR count). The van der Waals surface area contributed by atoms with Gasteiger partial charge in [0.25, 0.3) is 5.91 Å². The van der Waals surface area contributed by atoms with Crippen LogP contribution < -0.4 is 9.47 Å². The van der Waals surface area contributed by atoms with Crippen molar-refractivity contribution in [3.8, 4) is 11.5 Å². The molecule has 1 fully saturated rings. The largest absolute Gasteiger partial charge is 0.494 e. The van der Waals surface area contributed by atoms with Gasteiger partial charge in [0.05, 0.1) is 18.1 Å². The molecule has 8 heteroatoms. The van der Waals surface area contributed by atoms with Crippen molar-refractivity contribution in [1.82, 2.24) is 4.90 Å². The zero-order valence-electron chi connectivity index (χ0n) is 18.0. The molecule has 0 spiro atoms. The number of benzene rings is 2. The van der Waals surface area contributed by atoms with Crippen LogP contribution >= 0.6 is 11.6 Å². The Morgan fingerprint density at radius 1 is 1.19 bits per heavy atom. The van der Waals surface area contributed by atoms with Gasteiger partial charge in [-0.1, -0.05) is 23.7 Å². The summed E-state index contributed by atoms with van der Waals surface area (Å²) in [7, 11) is -3.14. The third-order valence-electron chi connectivity index (χ3n) is 5.31. The van der Waals surface area contributed by atoms with Crippen molar-refractivity contribution in [3.63, 3.8) is 0 Å². The molecule has 1 aliphatic rings. The fraction of sp³-hybridized carbons (Fsp3) is 0.435. The minimum absolute atomic E-state index is 0.0253. The Morgan fingerprint density at radius 2 is 1.87 bits per heavy atom. The second-order valence-electron chi connectivity index (χ2n) is 7.77. The highest BCUT2D eigenvalue weighted by Crippen LogP contribution is 2.25. The number of carbonyl (C=O) groups excluding carboxylic acids is 1. The summed E-state index contributed by atoms with van der Waals surface area (Å²) in [5.74, 6) is 1.12. The molecule has 2 unspecified atom stereocenters. The molecule has 0 bridgehead atoms. The van der Waals surface area contributed by atoms with Crippen LogP contribution in [0.5, 0.6) is 11.5 Å². The molecule has 0 aromatic heterocycles. The monoisotopic (exact) mass is 465 g/mol. The molecule has 1 aliphatic heterocycles. The molecule has 2 atom stereocenters. The lowest BCUT2D eigenvalue weighted by Gasteiger charge is -2.31. The van der Waals surface area contributed by atoms with Crippen LogP contribution in [0.3, 0.4) is 0 Å². The average molecular weight is 466 g/mol. The second kappa shape index (κ2) is 9.92. The van der Waals surface area contributed by atoms with Gasteiger partial charge in [-0.25, -0.2) is 8.42 Å². The molecule has 31 heavy (non-hydrogen) atoms. The highest BCUT2D eigenvalue weighted by Gasteiger charge is 2.36. The van der Waals surface area contributed by atoms with Crippen molar-refractivity contribution < 1.29 is 22.7 Å². The van der Waals surface area contributed by atoms with Gasteiger partial charge in [0.15, 0.2) is 15.9 Å². The highest BCUT2D eigenvalue weighted by molar-refractivity contribution is 7.91. The number of nitrogens with zero attached hydrogens (tertiary/aromatic N) is 1. The molecule has 2 aromatic carbocycles. The first kappa shape index (κ1) is 23.4. The average Bonchev–Trinajstić information content (AvgIpc) is 3.09. The van der Waals surface area contributed by atoms with Crippen LogP contribution in [0.15, 0.2) is 42.5 Å². The maximum Gasteiger partial charge on any atom is 0.263 e. The van der Waals surface area contributed by atoms with E-state index in [1.165, 1.54) is 0 Å². The number of amides is 1. The fourth-order valence-electron chi connectivity index (χ4n) is 3.64. The van der Waals surface area contributed by atoms with Gasteiger partial charge < -0.3 is 14.4 Å². The summed E-state index contributed by atoms with van der Waals surface area (Å²) in [6.07, 6.45) is -0.343. The number of aryl methyl sites for hydroxylation is 1. The standard InChI is InChI=1S/C23H28ClNO5S/c1-4-29-20-7-5-18(6-8-20)14-25(19-11-12-31(27,28)15-19)23(26)17(3)30-21-9-10-22(24)16(2)13-21/h5-10,13,17,19H,4,11-12,14-15H2,1-3H3. The molecule has 1 heterocycles. The van der Waals surface area contributed by atoms with Crippen molar-refractivity contribution in [2.75, 3.05) is 18.1 Å². The van der Waals surface area contributed by atoms with Crippen LogP contribution in [-0.4, -0.2) is 49.5 Å². The SMILES string of the molecule is CCOc1ccc(CN(C(=O)C(C)Oc2ccc(Cl)c(C)c2)C2CCS(=O)(=O)C2)cc1. The molecule has 6 nitrogen and oxygen atoms in total. The summed E-state index contributed by atoms with van der Waals surface area (Å²) in [5.41, 5.74) is 1.75. The number of ether oxygens (including phenoxy) is 2. The van der Waals surface area contributed by atoms with Gasteiger partial charge in [-0.2, -0.15) is 0 Å². The van der Waals surface area contributed by atoms with Crippen LogP contribution in [0.1, 0.15) is 31.4 Å². The maximum absolute atomic E-state index is 13.3. The summed E-state index contributed by atoms with van der Waals surface area (Å²) in [4.78, 5) is 15.0. The van der Waals surface area contributed by atoms with Crippen molar-refractivity contribution in [1.29, 1.82) is 0 Å². The lowest BCUT2D eigenvalue weighted by atomic mass is 10.1. The molecule has 1 amide bonds. The van der Waals surface area contributed by atoms with E-state index in [9.17, 15) is 13.2 Å². The summed E-state index contributed by atoms with van der Waals surface area (Å²) in [5, 5.41) is 0.625. The van der Waals surface area contributed by atoms with Crippen LogP contribution in [0, 0.1) is 6.92 Å². The molecule has 1 saturated heterocycles. The Hall–Kier alpha value is -2.25. The Kier molecular flexibility index (Phi) is 7.49. The van der Waals surface area contributed by atoms with Gasteiger partial charge in [-0.3, -0.25) is 4.79 Å². The summed E-state index contributed by atoms with van der Waals surface area (Å²) in [6.45, 7) is 6.34. The number of hydrogen-bond donors (Lipinski definition) is 0. The molecule has 0 saturated carbocycles. The molecule has 2 aromatic rings. The third kappa shape index (κ3) is 6.14. The zero-order valence-corrected chi connectivity index (χ0v) is 19.6. The van der Waals surface area contributed by atoms with Crippen molar-refractivity contribution in [3.05, 3.63) is 58.6 Å².